The van der Waals surface area contributed by atoms with Crippen molar-refractivity contribution in [3.8, 4) is 6.07 Å². The quantitative estimate of drug-likeness (QED) is 0.672. The second-order valence-corrected chi connectivity index (χ2v) is 5.52. The van der Waals surface area contributed by atoms with Crippen LogP contribution in [0.2, 0.25) is 0 Å². The molecule has 0 aliphatic heterocycles. The van der Waals surface area contributed by atoms with E-state index >= 15 is 0 Å². The van der Waals surface area contributed by atoms with Crippen LogP contribution in [0.5, 0.6) is 0 Å². The van der Waals surface area contributed by atoms with Crippen LogP contribution in [0.4, 0.5) is 5.69 Å². The van der Waals surface area contributed by atoms with Crippen LogP contribution in [0.1, 0.15) is 29.2 Å². The molecule has 0 bridgehead atoms. The molecule has 0 atom stereocenters. The Balaban J connectivity index is 2.18. The predicted octanol–water partition coefficient (Wildman–Crippen LogP) is 4.41. The van der Waals surface area contributed by atoms with Crippen LogP contribution in [0, 0.1) is 25.2 Å². The summed E-state index contributed by atoms with van der Waals surface area (Å²) in [5, 5.41) is 12.0. The summed E-state index contributed by atoms with van der Waals surface area (Å²) < 4.78 is 0. The normalized spacial score (nSPS) is 11.0. The van der Waals surface area contributed by atoms with Crippen molar-refractivity contribution in [3.63, 3.8) is 0 Å². The number of hydrogen-bond donors (Lipinski definition) is 1. The first-order valence-electron chi connectivity index (χ1n) is 7.63. The third kappa shape index (κ3) is 4.31. The van der Waals surface area contributed by atoms with E-state index in [1.54, 1.807) is 6.08 Å². The molecule has 0 fully saturated rings. The molecule has 3 heteroatoms. The van der Waals surface area contributed by atoms with Gasteiger partial charge in [-0.25, -0.2) is 0 Å². The molecule has 116 valence electrons. The van der Waals surface area contributed by atoms with Gasteiger partial charge in [0, 0.05) is 5.69 Å². The number of nitrogens with zero attached hydrogens (tertiary/aromatic N) is 1. The van der Waals surface area contributed by atoms with Crippen molar-refractivity contribution in [3.05, 3.63) is 70.3 Å². The summed E-state index contributed by atoms with van der Waals surface area (Å²) in [7, 11) is 0. The van der Waals surface area contributed by atoms with Gasteiger partial charge in [0.05, 0.1) is 0 Å². The second kappa shape index (κ2) is 7.42. The van der Waals surface area contributed by atoms with Gasteiger partial charge < -0.3 is 5.32 Å². The van der Waals surface area contributed by atoms with Gasteiger partial charge in [0.1, 0.15) is 11.6 Å². The molecule has 0 aliphatic rings. The molecule has 1 amide bonds. The zero-order valence-electron chi connectivity index (χ0n) is 13.7. The molecule has 2 aromatic rings. The van der Waals surface area contributed by atoms with E-state index in [2.05, 4.69) is 12.2 Å². The summed E-state index contributed by atoms with van der Waals surface area (Å²) in [6, 6.07) is 15.5. The Bertz CT molecular complexity index is 780. The minimum absolute atomic E-state index is 0.0903. The van der Waals surface area contributed by atoms with Gasteiger partial charge in [-0.1, -0.05) is 37.3 Å². The Morgan fingerprint density at radius 2 is 1.83 bits per heavy atom. The van der Waals surface area contributed by atoms with Crippen molar-refractivity contribution in [2.24, 2.45) is 0 Å². The first-order valence-corrected chi connectivity index (χ1v) is 7.63. The van der Waals surface area contributed by atoms with Gasteiger partial charge in [-0.3, -0.25) is 4.79 Å². The van der Waals surface area contributed by atoms with Gasteiger partial charge >= 0.3 is 0 Å². The minimum atomic E-state index is -0.393. The molecule has 2 rings (SSSR count). The molecule has 0 radical (unpaired) electrons. The Kier molecular flexibility index (Phi) is 5.32. The van der Waals surface area contributed by atoms with Gasteiger partial charge in [0.15, 0.2) is 0 Å². The lowest BCUT2D eigenvalue weighted by Crippen LogP contribution is -2.13. The highest BCUT2D eigenvalue weighted by atomic mass is 16.1. The molecule has 1 N–H and O–H groups in total. The summed E-state index contributed by atoms with van der Waals surface area (Å²) in [5.41, 5.74) is 5.11. The maximum Gasteiger partial charge on any atom is 0.266 e. The zero-order valence-corrected chi connectivity index (χ0v) is 13.7. The number of hydrogen-bond acceptors (Lipinski definition) is 2. The predicted molar refractivity (Wildman–Crippen MR) is 94.0 cm³/mol. The van der Waals surface area contributed by atoms with Crippen molar-refractivity contribution in [1.82, 2.24) is 0 Å². The highest BCUT2D eigenvalue weighted by Crippen LogP contribution is 2.16. The van der Waals surface area contributed by atoms with Crippen molar-refractivity contribution in [2.45, 2.75) is 27.2 Å². The number of rotatable bonds is 4. The Morgan fingerprint density at radius 3 is 2.39 bits per heavy atom. The number of carbonyl (C=O) groups is 1. The Morgan fingerprint density at radius 1 is 1.13 bits per heavy atom. The molecule has 0 aromatic heterocycles. The van der Waals surface area contributed by atoms with E-state index in [0.29, 0.717) is 5.69 Å². The van der Waals surface area contributed by atoms with Crippen molar-refractivity contribution in [2.75, 3.05) is 5.32 Å². The summed E-state index contributed by atoms with van der Waals surface area (Å²) >= 11 is 0. The second-order valence-electron chi connectivity index (χ2n) is 5.52. The first-order chi connectivity index (χ1) is 11.0. The van der Waals surface area contributed by atoms with E-state index in [0.717, 1.165) is 23.1 Å². The molecule has 3 nitrogen and oxygen atoms in total. The Hall–Kier alpha value is -2.86. The summed E-state index contributed by atoms with van der Waals surface area (Å²) in [6.45, 7) is 6.09. The summed E-state index contributed by atoms with van der Waals surface area (Å²) in [4.78, 5) is 12.3. The molecule has 2 aromatic carbocycles. The van der Waals surface area contributed by atoms with Gasteiger partial charge in [-0.2, -0.15) is 5.26 Å². The van der Waals surface area contributed by atoms with E-state index in [1.807, 2.05) is 62.4 Å². The van der Waals surface area contributed by atoms with E-state index in [-0.39, 0.29) is 5.57 Å². The average Bonchev–Trinajstić information content (AvgIpc) is 2.56. The fourth-order valence-electron chi connectivity index (χ4n) is 2.18. The van der Waals surface area contributed by atoms with E-state index < -0.39 is 5.91 Å². The maximum atomic E-state index is 12.3. The average molecular weight is 304 g/mol. The van der Waals surface area contributed by atoms with Crippen molar-refractivity contribution >= 4 is 17.7 Å². The fraction of sp³-hybridized carbons (Fsp3) is 0.200. The van der Waals surface area contributed by atoms with Crippen molar-refractivity contribution < 1.29 is 4.79 Å². The van der Waals surface area contributed by atoms with E-state index in [9.17, 15) is 10.1 Å². The van der Waals surface area contributed by atoms with Crippen LogP contribution < -0.4 is 5.32 Å². The van der Waals surface area contributed by atoms with Gasteiger partial charge in [0.2, 0.25) is 0 Å². The smallest absolute Gasteiger partial charge is 0.266 e. The van der Waals surface area contributed by atoms with E-state index in [4.69, 9.17) is 0 Å². The molecular formula is C20H20N2O. The summed E-state index contributed by atoms with van der Waals surface area (Å²) in [6.07, 6.45) is 2.57. The van der Waals surface area contributed by atoms with E-state index in [1.165, 1.54) is 5.56 Å². The van der Waals surface area contributed by atoms with Crippen LogP contribution >= 0.6 is 0 Å². The highest BCUT2D eigenvalue weighted by molar-refractivity contribution is 6.09. The first kappa shape index (κ1) is 16.5. The molecule has 0 unspecified atom stereocenters. The lowest BCUT2D eigenvalue weighted by Gasteiger charge is -2.07. The molecule has 0 spiro atoms. The van der Waals surface area contributed by atoms with Gasteiger partial charge in [-0.05, 0) is 60.7 Å². The zero-order chi connectivity index (χ0) is 16.8. The SMILES string of the molecule is CCc1ccc(/C=C(/C#N)C(=O)Nc2ccc(C)c(C)c2)cc1. The number of nitriles is 1. The summed E-state index contributed by atoms with van der Waals surface area (Å²) in [5.74, 6) is -0.393. The van der Waals surface area contributed by atoms with Gasteiger partial charge in [-0.15, -0.1) is 0 Å². The fourth-order valence-corrected chi connectivity index (χ4v) is 2.18. The van der Waals surface area contributed by atoms with Crippen LogP contribution in [0.3, 0.4) is 0 Å². The monoisotopic (exact) mass is 304 g/mol. The van der Waals surface area contributed by atoms with Gasteiger partial charge in [0.25, 0.3) is 5.91 Å². The molecule has 0 saturated carbocycles. The number of carbonyl (C=O) groups excluding carboxylic acids is 1. The number of nitrogens with one attached hydrogen (secondary N) is 1. The molecule has 0 heterocycles. The molecule has 23 heavy (non-hydrogen) atoms. The number of aryl methyl sites for hydroxylation is 3. The maximum absolute atomic E-state index is 12.3. The highest BCUT2D eigenvalue weighted by Gasteiger charge is 2.10. The lowest BCUT2D eigenvalue weighted by atomic mass is 10.1. The van der Waals surface area contributed by atoms with Crippen LogP contribution in [-0.2, 0) is 11.2 Å². The molecule has 0 saturated heterocycles. The largest absolute Gasteiger partial charge is 0.321 e. The Labute approximate surface area is 137 Å². The molecular weight excluding hydrogens is 284 g/mol. The topological polar surface area (TPSA) is 52.9 Å². The number of amides is 1. The third-order valence-electron chi connectivity index (χ3n) is 3.83. The molecule has 0 aliphatic carbocycles. The lowest BCUT2D eigenvalue weighted by molar-refractivity contribution is -0.112. The standard InChI is InChI=1S/C20H20N2O/c1-4-16-6-8-17(9-7-16)12-18(13-21)20(23)22-19-10-5-14(2)15(3)11-19/h5-12H,4H2,1-3H3,(H,22,23)/b18-12-. The van der Waals surface area contributed by atoms with Crippen molar-refractivity contribution in [1.29, 1.82) is 5.26 Å². The van der Waals surface area contributed by atoms with Crippen LogP contribution in [-0.4, -0.2) is 5.91 Å². The van der Waals surface area contributed by atoms with Crippen LogP contribution in [0.15, 0.2) is 48.0 Å². The number of benzene rings is 2. The number of anilines is 1. The van der Waals surface area contributed by atoms with Crippen LogP contribution in [0.25, 0.3) is 6.08 Å². The minimum Gasteiger partial charge on any atom is -0.321 e. The third-order valence-corrected chi connectivity index (χ3v) is 3.83.